The minimum absolute atomic E-state index is 0.0338. The van der Waals surface area contributed by atoms with Crippen LogP contribution in [-0.4, -0.2) is 30.1 Å². The van der Waals surface area contributed by atoms with E-state index in [0.29, 0.717) is 0 Å². The molecule has 1 aliphatic heterocycles. The molecule has 2 aromatic carbocycles. The number of likely N-dealkylation sites (N-methyl/N-ethyl adjacent to an activating group) is 1. The van der Waals surface area contributed by atoms with Crippen molar-refractivity contribution in [2.75, 3.05) is 7.05 Å². The van der Waals surface area contributed by atoms with Crippen molar-refractivity contribution in [3.05, 3.63) is 48.0 Å². The van der Waals surface area contributed by atoms with E-state index in [-0.39, 0.29) is 18.1 Å². The monoisotopic (exact) mass is 269 g/mol. The van der Waals surface area contributed by atoms with E-state index in [0.717, 1.165) is 13.0 Å². The third kappa shape index (κ3) is 2.54. The second-order valence-corrected chi connectivity index (χ2v) is 5.60. The molecule has 3 heteroatoms. The summed E-state index contributed by atoms with van der Waals surface area (Å²) in [6.45, 7) is 2.71. The van der Waals surface area contributed by atoms with Crippen molar-refractivity contribution in [2.24, 2.45) is 0 Å². The van der Waals surface area contributed by atoms with Gasteiger partial charge in [-0.25, -0.2) is 0 Å². The highest BCUT2D eigenvalue weighted by atomic mass is 16.6. The normalized spacial score (nSPS) is 22.4. The lowest BCUT2D eigenvalue weighted by molar-refractivity contribution is -0.144. The van der Waals surface area contributed by atoms with E-state index in [1.54, 1.807) is 0 Å². The molecule has 0 radical (unpaired) electrons. The van der Waals surface area contributed by atoms with Gasteiger partial charge in [0, 0.05) is 13.0 Å². The second kappa shape index (κ2) is 5.25. The zero-order chi connectivity index (χ0) is 14.1. The molecular formula is C17H19NO2. The van der Waals surface area contributed by atoms with Crippen LogP contribution in [0.4, 0.5) is 0 Å². The molecule has 0 amide bonds. The molecule has 1 fully saturated rings. The lowest BCUT2D eigenvalue weighted by Crippen LogP contribution is -2.34. The van der Waals surface area contributed by atoms with Gasteiger partial charge in [-0.15, -0.1) is 0 Å². The standard InChI is InChI=1S/C17H19NO2/c1-12-9-16(17(19)20-12)18(2)11-13-7-8-14-5-3-4-6-15(14)10-13/h3-8,10,12,16H,9,11H2,1-2H3/t12-,16+/m1/s1. The van der Waals surface area contributed by atoms with Crippen LogP contribution >= 0.6 is 0 Å². The lowest BCUT2D eigenvalue weighted by Gasteiger charge is -2.21. The topological polar surface area (TPSA) is 29.5 Å². The van der Waals surface area contributed by atoms with E-state index in [1.165, 1.54) is 16.3 Å². The number of carbonyl (C=O) groups is 1. The number of hydrogen-bond acceptors (Lipinski definition) is 3. The lowest BCUT2D eigenvalue weighted by atomic mass is 10.1. The predicted octanol–water partition coefficient (Wildman–Crippen LogP) is 2.98. The molecule has 3 rings (SSSR count). The second-order valence-electron chi connectivity index (χ2n) is 5.60. The van der Waals surface area contributed by atoms with E-state index in [9.17, 15) is 4.79 Å². The summed E-state index contributed by atoms with van der Waals surface area (Å²) in [4.78, 5) is 13.8. The third-order valence-electron chi connectivity index (χ3n) is 3.92. The summed E-state index contributed by atoms with van der Waals surface area (Å²) in [7, 11) is 1.99. The zero-order valence-corrected chi connectivity index (χ0v) is 11.9. The van der Waals surface area contributed by atoms with Gasteiger partial charge in [0.25, 0.3) is 0 Å². The highest BCUT2D eigenvalue weighted by molar-refractivity contribution is 5.83. The molecule has 0 N–H and O–H groups in total. The Hall–Kier alpha value is -1.87. The number of fused-ring (bicyclic) bond motifs is 1. The predicted molar refractivity (Wildman–Crippen MR) is 79.4 cm³/mol. The fourth-order valence-corrected chi connectivity index (χ4v) is 2.83. The summed E-state index contributed by atoms with van der Waals surface area (Å²) in [6, 6.07) is 14.7. The zero-order valence-electron chi connectivity index (χ0n) is 11.9. The molecule has 1 saturated heterocycles. The van der Waals surface area contributed by atoms with Crippen LogP contribution in [0.1, 0.15) is 18.9 Å². The Labute approximate surface area is 119 Å². The van der Waals surface area contributed by atoms with Gasteiger partial charge in [0.05, 0.1) is 0 Å². The fraction of sp³-hybridized carbons (Fsp3) is 0.353. The van der Waals surface area contributed by atoms with Crippen LogP contribution in [0.15, 0.2) is 42.5 Å². The molecule has 104 valence electrons. The van der Waals surface area contributed by atoms with Crippen LogP contribution in [-0.2, 0) is 16.1 Å². The van der Waals surface area contributed by atoms with Crippen LogP contribution in [0.3, 0.4) is 0 Å². The van der Waals surface area contributed by atoms with Crippen molar-refractivity contribution >= 4 is 16.7 Å². The first-order valence-electron chi connectivity index (χ1n) is 7.02. The number of ether oxygens (including phenoxy) is 1. The van der Waals surface area contributed by atoms with Crippen molar-refractivity contribution in [1.29, 1.82) is 0 Å². The summed E-state index contributed by atoms with van der Waals surface area (Å²) in [6.07, 6.45) is 0.815. The molecule has 0 unspecified atom stereocenters. The van der Waals surface area contributed by atoms with Gasteiger partial charge in [0.15, 0.2) is 0 Å². The molecule has 20 heavy (non-hydrogen) atoms. The van der Waals surface area contributed by atoms with Crippen molar-refractivity contribution in [3.63, 3.8) is 0 Å². The highest BCUT2D eigenvalue weighted by Crippen LogP contribution is 2.22. The maximum atomic E-state index is 11.8. The average molecular weight is 269 g/mol. The van der Waals surface area contributed by atoms with E-state index in [2.05, 4.69) is 35.2 Å². The van der Waals surface area contributed by atoms with Crippen LogP contribution < -0.4 is 0 Å². The van der Waals surface area contributed by atoms with Crippen LogP contribution in [0.2, 0.25) is 0 Å². The Morgan fingerprint density at radius 1 is 1.20 bits per heavy atom. The number of esters is 1. The van der Waals surface area contributed by atoms with Crippen LogP contribution in [0.25, 0.3) is 10.8 Å². The largest absolute Gasteiger partial charge is 0.461 e. The van der Waals surface area contributed by atoms with Crippen molar-refractivity contribution in [1.82, 2.24) is 4.90 Å². The Kier molecular flexibility index (Phi) is 3.45. The molecule has 0 saturated carbocycles. The first kappa shape index (κ1) is 13.1. The highest BCUT2D eigenvalue weighted by Gasteiger charge is 2.34. The number of benzene rings is 2. The molecular weight excluding hydrogens is 250 g/mol. The smallest absolute Gasteiger partial charge is 0.323 e. The summed E-state index contributed by atoms with van der Waals surface area (Å²) in [5.74, 6) is -0.0965. The molecule has 0 aliphatic carbocycles. The maximum Gasteiger partial charge on any atom is 0.323 e. The van der Waals surface area contributed by atoms with Gasteiger partial charge in [-0.2, -0.15) is 0 Å². The third-order valence-corrected chi connectivity index (χ3v) is 3.92. The van der Waals surface area contributed by atoms with Gasteiger partial charge in [0.1, 0.15) is 12.1 Å². The minimum atomic E-state index is -0.114. The summed E-state index contributed by atoms with van der Waals surface area (Å²) in [5, 5.41) is 2.48. The summed E-state index contributed by atoms with van der Waals surface area (Å²) in [5.41, 5.74) is 1.22. The van der Waals surface area contributed by atoms with Crippen molar-refractivity contribution in [2.45, 2.75) is 32.0 Å². The Balaban J connectivity index is 1.77. The van der Waals surface area contributed by atoms with Gasteiger partial charge in [-0.3, -0.25) is 9.69 Å². The van der Waals surface area contributed by atoms with E-state index < -0.39 is 0 Å². The van der Waals surface area contributed by atoms with Gasteiger partial charge in [-0.1, -0.05) is 36.4 Å². The molecule has 0 spiro atoms. The summed E-state index contributed by atoms with van der Waals surface area (Å²) >= 11 is 0. The molecule has 1 aliphatic rings. The molecule has 2 aromatic rings. The van der Waals surface area contributed by atoms with E-state index in [1.807, 2.05) is 26.1 Å². The fourth-order valence-electron chi connectivity index (χ4n) is 2.83. The SMILES string of the molecule is C[C@@H]1C[C@H](N(C)Cc2ccc3ccccc3c2)C(=O)O1. The Bertz CT molecular complexity index is 638. The average Bonchev–Trinajstić information content (AvgIpc) is 2.78. The number of cyclic esters (lactones) is 1. The molecule has 0 bridgehead atoms. The van der Waals surface area contributed by atoms with E-state index in [4.69, 9.17) is 4.74 Å². The van der Waals surface area contributed by atoms with Crippen molar-refractivity contribution in [3.8, 4) is 0 Å². The van der Waals surface area contributed by atoms with Gasteiger partial charge < -0.3 is 4.74 Å². The van der Waals surface area contributed by atoms with E-state index >= 15 is 0 Å². The van der Waals surface area contributed by atoms with Gasteiger partial charge in [-0.05, 0) is 36.4 Å². The first-order chi connectivity index (χ1) is 9.63. The number of carbonyl (C=O) groups excluding carboxylic acids is 1. The first-order valence-corrected chi connectivity index (χ1v) is 7.02. The molecule has 0 aromatic heterocycles. The van der Waals surface area contributed by atoms with Crippen molar-refractivity contribution < 1.29 is 9.53 Å². The van der Waals surface area contributed by atoms with Crippen LogP contribution in [0.5, 0.6) is 0 Å². The molecule has 1 heterocycles. The molecule has 3 nitrogen and oxygen atoms in total. The number of nitrogens with zero attached hydrogens (tertiary/aromatic N) is 1. The van der Waals surface area contributed by atoms with Crippen LogP contribution in [0, 0.1) is 0 Å². The van der Waals surface area contributed by atoms with Gasteiger partial charge >= 0.3 is 5.97 Å². The maximum absolute atomic E-state index is 11.8. The quantitative estimate of drug-likeness (QED) is 0.802. The molecule has 2 atom stereocenters. The number of rotatable bonds is 3. The Morgan fingerprint density at radius 3 is 2.65 bits per heavy atom. The Morgan fingerprint density at radius 2 is 1.95 bits per heavy atom. The minimum Gasteiger partial charge on any atom is -0.461 e. The van der Waals surface area contributed by atoms with Gasteiger partial charge in [0.2, 0.25) is 0 Å². The number of hydrogen-bond donors (Lipinski definition) is 0. The summed E-state index contributed by atoms with van der Waals surface area (Å²) < 4.78 is 5.22.